The summed E-state index contributed by atoms with van der Waals surface area (Å²) in [4.78, 5) is 41.5. The number of aldehydes is 1. The van der Waals surface area contributed by atoms with E-state index in [0.717, 1.165) is 79.4 Å². The SMILES string of the molecule is CC(=O)O.CCNCCN(CCNc1n[nH]c(N)n1)CCNc1n[nH]c(N)n1.Ic1ccc(-c2ccn3ncnc3n2)cc1.Nc1ncn[nH]1.O=Cc1ccc(I)cc1.P=S. The molecule has 7 aromatic rings. The first-order chi connectivity index (χ1) is 29.4. The van der Waals surface area contributed by atoms with Crippen molar-refractivity contribution in [3.05, 3.63) is 86.2 Å². The smallest absolute Gasteiger partial charge is 0.300 e. The summed E-state index contributed by atoms with van der Waals surface area (Å²) in [6.45, 7) is 9.12. The Morgan fingerprint density at radius 2 is 1.36 bits per heavy atom. The van der Waals surface area contributed by atoms with Crippen LogP contribution in [0.15, 0.2) is 73.4 Å². The summed E-state index contributed by atoms with van der Waals surface area (Å²) in [5.74, 6) is 1.76. The second-order valence-electron chi connectivity index (χ2n) is 11.5. The van der Waals surface area contributed by atoms with Gasteiger partial charge in [-0.15, -0.1) is 10.2 Å². The summed E-state index contributed by atoms with van der Waals surface area (Å²) in [5.41, 5.74) is 18.8. The van der Waals surface area contributed by atoms with E-state index >= 15 is 0 Å². The molecule has 5 aromatic heterocycles. The van der Waals surface area contributed by atoms with Crippen LogP contribution < -0.4 is 33.2 Å². The van der Waals surface area contributed by atoms with Crippen LogP contribution in [0.1, 0.15) is 24.2 Å². The second kappa shape index (κ2) is 30.5. The molecule has 2 aromatic carbocycles. The fourth-order valence-electron chi connectivity index (χ4n) is 4.36. The van der Waals surface area contributed by atoms with Crippen LogP contribution in [0.25, 0.3) is 17.0 Å². The number of hydrogen-bond donors (Lipinski definition) is 10. The number of nitrogen functional groups attached to an aromatic ring is 3. The number of carboxylic acid groups (broad SMARTS) is 1. The Kier molecular flexibility index (Phi) is 25.8. The Labute approximate surface area is 385 Å². The molecule has 13 N–H and O–H groups in total. The monoisotopic (exact) mass is 1100 g/mol. The van der Waals surface area contributed by atoms with Crippen LogP contribution in [0.3, 0.4) is 0 Å². The molecule has 7 rings (SSSR count). The summed E-state index contributed by atoms with van der Waals surface area (Å²) in [6, 6.07) is 17.6. The Morgan fingerprint density at radius 3 is 1.80 bits per heavy atom. The van der Waals surface area contributed by atoms with Gasteiger partial charge in [0.25, 0.3) is 11.7 Å². The zero-order valence-electron chi connectivity index (χ0n) is 33.0. The van der Waals surface area contributed by atoms with Gasteiger partial charge in [0.1, 0.15) is 18.9 Å². The van der Waals surface area contributed by atoms with Crippen LogP contribution in [0.4, 0.5) is 29.7 Å². The Hall–Kier alpha value is -5.55. The van der Waals surface area contributed by atoms with Gasteiger partial charge in [0.2, 0.25) is 29.7 Å². The van der Waals surface area contributed by atoms with Gasteiger partial charge >= 0.3 is 0 Å². The first kappa shape index (κ1) is 51.6. The van der Waals surface area contributed by atoms with Crippen LogP contribution in [-0.2, 0) is 16.6 Å². The first-order valence-electron chi connectivity index (χ1n) is 17.9. The number of nitrogens with two attached hydrogens (primary N) is 3. The average Bonchev–Trinajstić information content (AvgIpc) is 4.10. The number of halogens is 2. The molecular weight excluding hydrogens is 1050 g/mol. The van der Waals surface area contributed by atoms with Gasteiger partial charge in [0.05, 0.1) is 5.69 Å². The third-order valence-electron chi connectivity index (χ3n) is 7.01. The van der Waals surface area contributed by atoms with E-state index < -0.39 is 5.97 Å². The lowest BCUT2D eigenvalue weighted by atomic mass is 10.1. The van der Waals surface area contributed by atoms with Gasteiger partial charge in [-0.2, -0.15) is 25.1 Å². The molecule has 27 heteroatoms. The number of aromatic amines is 3. The molecule has 0 aliphatic carbocycles. The summed E-state index contributed by atoms with van der Waals surface area (Å²) >= 11 is 8.37. The fourth-order valence-corrected chi connectivity index (χ4v) is 5.08. The van der Waals surface area contributed by atoms with E-state index in [1.165, 1.54) is 16.2 Å². The van der Waals surface area contributed by atoms with Gasteiger partial charge in [-0.1, -0.05) is 43.0 Å². The van der Waals surface area contributed by atoms with E-state index in [0.29, 0.717) is 35.5 Å². The number of nitrogens with one attached hydrogen (secondary N) is 6. The molecule has 326 valence electrons. The van der Waals surface area contributed by atoms with Gasteiger partial charge in [-0.05, 0) is 90.1 Å². The molecular formula is C34H47I2N20O3PS. The number of carboxylic acids is 1. The van der Waals surface area contributed by atoms with Crippen molar-refractivity contribution in [2.24, 2.45) is 0 Å². The number of benzene rings is 2. The minimum absolute atomic E-state index is 0.302. The zero-order valence-corrected chi connectivity index (χ0v) is 39.2. The van der Waals surface area contributed by atoms with E-state index in [2.05, 4.69) is 178 Å². The summed E-state index contributed by atoms with van der Waals surface area (Å²) in [6.07, 6.45) is 5.56. The maximum atomic E-state index is 10.1. The standard InChI is InChI=1S/C12H26N12.C11H7IN4.C7H5IO.C2H4N4.C2H4O2.HPS/c1-2-15-3-6-24(7-4-16-11-18-9(13)20-22-11)8-5-17-12-19-10(14)21-23-12;12-9-3-1-8(2-4-9)10-5-6-16-11(15-10)13-7-14-16;8-7-3-1-6(5-9)2-4-7;3-2-4-1-5-6-2;1-2(3)4;1-2/h15H,2-8H2,1H3,(H4,13,16,18,20,22)(H4,14,17,19,21,23);1-7H;1-5H;1H,(H3,3,4,5,6);1H3,(H,3,4);1H. The van der Waals surface area contributed by atoms with Crippen LogP contribution in [0, 0.1) is 7.14 Å². The Balaban J connectivity index is 0.000000295. The average molecular weight is 1100 g/mol. The minimum Gasteiger partial charge on any atom is -0.481 e. The topological polar surface area (TPSA) is 340 Å². The lowest BCUT2D eigenvalue weighted by Crippen LogP contribution is -2.38. The number of aliphatic carboxylic acids is 1. The first-order valence-corrected chi connectivity index (χ1v) is 21.6. The van der Waals surface area contributed by atoms with Crippen LogP contribution in [0.5, 0.6) is 0 Å². The van der Waals surface area contributed by atoms with Gasteiger partial charge < -0.3 is 38.3 Å². The van der Waals surface area contributed by atoms with Crippen molar-refractivity contribution >= 4 is 113 Å². The maximum Gasteiger partial charge on any atom is 0.300 e. The highest BCUT2D eigenvalue weighted by molar-refractivity contribution is 14.1. The molecule has 0 fully saturated rings. The van der Waals surface area contributed by atoms with E-state index in [1.807, 2.05) is 24.4 Å². The van der Waals surface area contributed by atoms with Crippen molar-refractivity contribution in [3.63, 3.8) is 0 Å². The molecule has 0 unspecified atom stereocenters. The summed E-state index contributed by atoms with van der Waals surface area (Å²) < 4.78 is 4.01. The lowest BCUT2D eigenvalue weighted by molar-refractivity contribution is -0.134. The van der Waals surface area contributed by atoms with Crippen LogP contribution in [0.2, 0.25) is 0 Å². The summed E-state index contributed by atoms with van der Waals surface area (Å²) in [7, 11) is 2.56. The second-order valence-corrected chi connectivity index (χ2v) is 14.0. The van der Waals surface area contributed by atoms with Gasteiger partial charge in [-0.3, -0.25) is 14.5 Å². The molecule has 0 saturated heterocycles. The number of aromatic nitrogens is 13. The molecule has 0 aliphatic rings. The maximum absolute atomic E-state index is 10.1. The predicted octanol–water partition coefficient (Wildman–Crippen LogP) is 3.09. The number of rotatable bonds is 14. The molecule has 0 radical (unpaired) electrons. The summed E-state index contributed by atoms with van der Waals surface area (Å²) in [5, 5.41) is 40.0. The van der Waals surface area contributed by atoms with Crippen molar-refractivity contribution < 1.29 is 14.7 Å². The number of likely N-dealkylation sites (N-methyl/N-ethyl adjacent to an activating group) is 1. The Morgan fingerprint density at radius 1 is 0.820 bits per heavy atom. The minimum atomic E-state index is -0.833. The largest absolute Gasteiger partial charge is 0.481 e. The fraction of sp³-hybridized carbons (Fsp3) is 0.265. The highest BCUT2D eigenvalue weighted by Gasteiger charge is 2.07. The van der Waals surface area contributed by atoms with Gasteiger partial charge in [0.15, 0.2) is 0 Å². The Bertz CT molecular complexity index is 2180. The molecule has 0 spiro atoms. The van der Waals surface area contributed by atoms with Crippen molar-refractivity contribution in [2.45, 2.75) is 13.8 Å². The van der Waals surface area contributed by atoms with Gasteiger partial charge in [0, 0.05) is 70.7 Å². The molecule has 0 saturated carbocycles. The molecule has 0 atom stereocenters. The molecule has 5 heterocycles. The van der Waals surface area contributed by atoms with Crippen molar-refractivity contribution in [3.8, 4) is 11.3 Å². The molecule has 23 nitrogen and oxygen atoms in total. The molecule has 61 heavy (non-hydrogen) atoms. The number of hydrogen-bond acceptors (Lipinski definition) is 19. The predicted molar refractivity (Wildman–Crippen MR) is 257 cm³/mol. The van der Waals surface area contributed by atoms with Crippen LogP contribution >= 0.6 is 53.2 Å². The third-order valence-corrected chi connectivity index (χ3v) is 8.45. The van der Waals surface area contributed by atoms with E-state index in [4.69, 9.17) is 27.1 Å². The van der Waals surface area contributed by atoms with Gasteiger partial charge in [-0.25, -0.2) is 29.8 Å². The van der Waals surface area contributed by atoms with E-state index in [1.54, 1.807) is 16.6 Å². The van der Waals surface area contributed by atoms with E-state index in [-0.39, 0.29) is 0 Å². The molecule has 0 aliphatic heterocycles. The molecule has 0 amide bonds. The third kappa shape index (κ3) is 22.6. The number of carbonyl (C=O) groups is 2. The van der Waals surface area contributed by atoms with E-state index in [9.17, 15) is 4.79 Å². The van der Waals surface area contributed by atoms with Crippen molar-refractivity contribution in [1.29, 1.82) is 0 Å². The molecule has 0 bridgehead atoms. The normalized spacial score (nSPS) is 9.85. The number of H-pyrrole nitrogens is 3. The number of fused-ring (bicyclic) bond motifs is 1. The van der Waals surface area contributed by atoms with Crippen LogP contribution in [-0.4, -0.2) is 133 Å². The number of anilines is 5. The van der Waals surface area contributed by atoms with Crippen molar-refractivity contribution in [2.75, 3.05) is 73.6 Å². The number of nitrogens with zero attached hydrogens (tertiary/aromatic N) is 11. The number of carbonyl (C=O) groups excluding carboxylic acids is 1. The van der Waals surface area contributed by atoms with Crippen molar-refractivity contribution in [1.82, 2.24) is 75.3 Å². The lowest BCUT2D eigenvalue weighted by Gasteiger charge is -2.22. The highest BCUT2D eigenvalue weighted by atomic mass is 127. The highest BCUT2D eigenvalue weighted by Crippen LogP contribution is 2.18. The zero-order chi connectivity index (χ0) is 44.8. The quantitative estimate of drug-likeness (QED) is 0.0324.